The lowest BCUT2D eigenvalue weighted by molar-refractivity contribution is -0.117. The Morgan fingerprint density at radius 2 is 1.63 bits per heavy atom. The maximum Gasteiger partial charge on any atom is 0.262 e. The van der Waals surface area contributed by atoms with Gasteiger partial charge < -0.3 is 24.4 Å². The number of fused-ring (bicyclic) bond motifs is 10. The van der Waals surface area contributed by atoms with E-state index in [2.05, 4.69) is 38.8 Å². The number of ether oxygens (including phenoxy) is 1. The summed E-state index contributed by atoms with van der Waals surface area (Å²) in [7, 11) is 1.30. The van der Waals surface area contributed by atoms with E-state index in [1.165, 1.54) is 4.90 Å². The summed E-state index contributed by atoms with van der Waals surface area (Å²) in [4.78, 5) is 46.5. The molecule has 3 N–H and O–H groups in total. The summed E-state index contributed by atoms with van der Waals surface area (Å²) in [6, 6.07) is 19.6. The van der Waals surface area contributed by atoms with Gasteiger partial charge in [-0.1, -0.05) is 51.1 Å². The van der Waals surface area contributed by atoms with Gasteiger partial charge in [0.2, 0.25) is 5.91 Å². The zero-order valence-corrected chi connectivity index (χ0v) is 30.1. The Labute approximate surface area is 286 Å². The molecule has 6 aromatic rings. The lowest BCUT2D eigenvalue weighted by Gasteiger charge is -2.39. The highest BCUT2D eigenvalue weighted by Crippen LogP contribution is 2.46. The van der Waals surface area contributed by atoms with Crippen molar-refractivity contribution in [3.05, 3.63) is 89.1 Å². The molecule has 7 rings (SSSR count). The van der Waals surface area contributed by atoms with E-state index in [9.17, 15) is 14.4 Å². The van der Waals surface area contributed by atoms with Crippen LogP contribution in [-0.2, 0) is 22.7 Å². The fourth-order valence-corrected chi connectivity index (χ4v) is 8.40. The number of benzene rings is 4. The molecule has 0 aliphatic carbocycles. The van der Waals surface area contributed by atoms with Gasteiger partial charge in [0.25, 0.3) is 11.8 Å². The number of amides is 3. The van der Waals surface area contributed by atoms with E-state index in [4.69, 9.17) is 14.9 Å². The van der Waals surface area contributed by atoms with Gasteiger partial charge in [-0.15, -0.1) is 0 Å². The summed E-state index contributed by atoms with van der Waals surface area (Å²) in [5, 5.41) is 3.71. The summed E-state index contributed by atoms with van der Waals surface area (Å²) in [5.41, 5.74) is 10.5. The zero-order chi connectivity index (χ0) is 35.0. The van der Waals surface area contributed by atoms with E-state index in [0.717, 1.165) is 43.8 Å². The van der Waals surface area contributed by atoms with Gasteiger partial charge in [-0.05, 0) is 59.9 Å². The highest BCUT2D eigenvalue weighted by molar-refractivity contribution is 6.74. The minimum absolute atomic E-state index is 0.0219. The monoisotopic (exact) mass is 674 g/mol. The Bertz CT molecular complexity index is 2330. The number of aromatic nitrogens is 2. The Morgan fingerprint density at radius 1 is 0.939 bits per heavy atom. The van der Waals surface area contributed by atoms with Crippen molar-refractivity contribution < 1.29 is 23.5 Å². The molecule has 0 bridgehead atoms. The van der Waals surface area contributed by atoms with Crippen molar-refractivity contribution in [3.63, 3.8) is 0 Å². The van der Waals surface area contributed by atoms with Gasteiger partial charge in [-0.3, -0.25) is 19.3 Å². The molecular weight excluding hydrogens is 633 g/mol. The first kappa shape index (κ1) is 32.6. The van der Waals surface area contributed by atoms with E-state index in [1.54, 1.807) is 7.11 Å². The number of aryl methyl sites for hydroxylation is 1. The molecule has 1 unspecified atom stereocenters. The molecule has 10 heteroatoms. The lowest BCUT2D eigenvalue weighted by Crippen LogP contribution is -2.42. The van der Waals surface area contributed by atoms with Gasteiger partial charge in [0, 0.05) is 52.8 Å². The minimum atomic E-state index is -2.21. The standard InChI is InChI=1S/C39H42N4O5Si/c1-39(2,3)49(6,7)48-29(22-11-9-8-10-12-22)16-18-43-37(45)33-31-26-14-13-24(47-5)21-28(26)41-35(31)27-19-23(20-30(40)44)25-15-17-42(4)36(25)32(27)34(33)38(43)46/h8-15,17,19,21,29,41H,16,18,20H2,1-7H3,(H2,40,44). The number of primary amides is 1. The van der Waals surface area contributed by atoms with E-state index in [1.807, 2.05) is 78.5 Å². The summed E-state index contributed by atoms with van der Waals surface area (Å²) >= 11 is 0. The van der Waals surface area contributed by atoms with Crippen LogP contribution in [0.5, 0.6) is 5.75 Å². The Kier molecular flexibility index (Phi) is 7.72. The molecule has 9 nitrogen and oxygen atoms in total. The maximum absolute atomic E-state index is 14.7. The lowest BCUT2D eigenvalue weighted by atomic mass is 9.91. The molecule has 0 spiro atoms. The smallest absolute Gasteiger partial charge is 0.262 e. The van der Waals surface area contributed by atoms with Crippen LogP contribution in [0.2, 0.25) is 18.1 Å². The molecule has 49 heavy (non-hydrogen) atoms. The van der Waals surface area contributed by atoms with Crippen molar-refractivity contribution in [2.75, 3.05) is 13.7 Å². The zero-order valence-electron chi connectivity index (χ0n) is 29.1. The molecule has 3 amide bonds. The summed E-state index contributed by atoms with van der Waals surface area (Å²) in [5.74, 6) is -0.448. The number of H-pyrrole nitrogens is 1. The average Bonchev–Trinajstić information content (AvgIpc) is 3.70. The molecule has 0 fully saturated rings. The van der Waals surface area contributed by atoms with Crippen molar-refractivity contribution in [2.24, 2.45) is 12.8 Å². The topological polar surface area (TPSA) is 120 Å². The highest BCUT2D eigenvalue weighted by atomic mass is 28.4. The molecule has 3 heterocycles. The number of carbonyl (C=O) groups is 3. The molecular formula is C39H42N4O5Si. The van der Waals surface area contributed by atoms with Gasteiger partial charge in [0.05, 0.1) is 47.3 Å². The SMILES string of the molecule is COc1ccc2c(c1)[nH]c1c3cc(CC(N)=O)c4ccn(C)c4c3c3c(c21)C(=O)N(CCC(O[Si](C)(C)C(C)(C)C)c1ccccc1)C3=O. The predicted octanol–water partition coefficient (Wildman–Crippen LogP) is 7.75. The average molecular weight is 675 g/mol. The highest BCUT2D eigenvalue weighted by Gasteiger charge is 2.43. The number of methoxy groups -OCH3 is 1. The molecule has 2 aromatic heterocycles. The molecule has 0 saturated carbocycles. The molecule has 0 saturated heterocycles. The Balaban J connectivity index is 1.43. The fourth-order valence-electron chi connectivity index (χ4n) is 7.08. The van der Waals surface area contributed by atoms with E-state index in [0.29, 0.717) is 34.1 Å². The number of imide groups is 1. The Morgan fingerprint density at radius 3 is 2.29 bits per heavy atom. The van der Waals surface area contributed by atoms with Crippen LogP contribution in [0.3, 0.4) is 0 Å². The van der Waals surface area contributed by atoms with Gasteiger partial charge in [-0.25, -0.2) is 0 Å². The van der Waals surface area contributed by atoms with Crippen molar-refractivity contribution in [1.82, 2.24) is 14.5 Å². The molecule has 4 aromatic carbocycles. The second-order valence-corrected chi connectivity index (χ2v) is 19.4. The third kappa shape index (κ3) is 5.21. The van der Waals surface area contributed by atoms with E-state index in [-0.39, 0.29) is 35.9 Å². The third-order valence-electron chi connectivity index (χ3n) is 10.6. The molecule has 1 atom stereocenters. The normalized spacial score (nSPS) is 14.5. The minimum Gasteiger partial charge on any atom is -0.497 e. The van der Waals surface area contributed by atoms with Crippen molar-refractivity contribution in [3.8, 4) is 5.75 Å². The molecule has 1 aliphatic rings. The third-order valence-corrected chi connectivity index (χ3v) is 15.1. The van der Waals surface area contributed by atoms with Crippen LogP contribution < -0.4 is 10.5 Å². The van der Waals surface area contributed by atoms with Gasteiger partial charge in [-0.2, -0.15) is 0 Å². The number of nitrogens with two attached hydrogens (primary N) is 1. The molecule has 252 valence electrons. The van der Waals surface area contributed by atoms with Crippen LogP contribution in [0.4, 0.5) is 0 Å². The second kappa shape index (κ2) is 11.6. The number of hydrogen-bond acceptors (Lipinski definition) is 5. The summed E-state index contributed by atoms with van der Waals surface area (Å²) < 4.78 is 14.4. The van der Waals surface area contributed by atoms with Crippen molar-refractivity contribution in [1.29, 1.82) is 0 Å². The van der Waals surface area contributed by atoms with Crippen molar-refractivity contribution in [2.45, 2.75) is 57.8 Å². The van der Waals surface area contributed by atoms with Crippen LogP contribution in [0.1, 0.15) is 65.1 Å². The quantitative estimate of drug-likeness (QED) is 0.120. The fraction of sp³-hybridized carbons (Fsp3) is 0.308. The van der Waals surface area contributed by atoms with E-state index >= 15 is 0 Å². The summed E-state index contributed by atoms with van der Waals surface area (Å²) in [6.45, 7) is 11.2. The number of nitrogens with zero attached hydrogens (tertiary/aromatic N) is 2. The largest absolute Gasteiger partial charge is 0.497 e. The number of aromatic amines is 1. The van der Waals surface area contributed by atoms with Crippen LogP contribution in [0.15, 0.2) is 66.9 Å². The van der Waals surface area contributed by atoms with Crippen LogP contribution >= 0.6 is 0 Å². The first-order valence-corrected chi connectivity index (χ1v) is 19.6. The van der Waals surface area contributed by atoms with E-state index < -0.39 is 14.2 Å². The first-order valence-electron chi connectivity index (χ1n) is 16.6. The van der Waals surface area contributed by atoms with Gasteiger partial charge in [0.1, 0.15) is 5.75 Å². The van der Waals surface area contributed by atoms with Gasteiger partial charge >= 0.3 is 0 Å². The maximum atomic E-state index is 14.7. The molecule has 1 aliphatic heterocycles. The van der Waals surface area contributed by atoms with Crippen LogP contribution in [0, 0.1) is 0 Å². The Hall–Kier alpha value is -4.93. The molecule has 0 radical (unpaired) electrons. The first-order chi connectivity index (χ1) is 23.2. The number of carbonyl (C=O) groups excluding carboxylic acids is 3. The van der Waals surface area contributed by atoms with Crippen LogP contribution in [0.25, 0.3) is 43.5 Å². The van der Waals surface area contributed by atoms with Gasteiger partial charge in [0.15, 0.2) is 8.32 Å². The van der Waals surface area contributed by atoms with Crippen LogP contribution in [-0.4, -0.2) is 54.1 Å². The van der Waals surface area contributed by atoms with Crippen molar-refractivity contribution >= 4 is 69.5 Å². The number of nitrogens with one attached hydrogen (secondary N) is 1. The predicted molar refractivity (Wildman–Crippen MR) is 197 cm³/mol. The summed E-state index contributed by atoms with van der Waals surface area (Å²) in [6.07, 6.45) is 2.11. The number of hydrogen-bond donors (Lipinski definition) is 2. The second-order valence-electron chi connectivity index (χ2n) is 14.7. The number of rotatable bonds is 9.